The number of rotatable bonds is 3. The van der Waals surface area contributed by atoms with Crippen molar-refractivity contribution in [2.24, 2.45) is 0 Å². The molecular formula is C21H21N3O2. The maximum atomic E-state index is 13.1. The molecule has 2 aliphatic rings. The molecule has 0 fully saturated rings. The van der Waals surface area contributed by atoms with Gasteiger partial charge in [-0.3, -0.25) is 9.69 Å². The van der Waals surface area contributed by atoms with Crippen molar-refractivity contribution in [3.05, 3.63) is 82.6 Å². The van der Waals surface area contributed by atoms with Crippen molar-refractivity contribution in [1.29, 1.82) is 0 Å². The average molecular weight is 347 g/mol. The summed E-state index contributed by atoms with van der Waals surface area (Å²) < 4.78 is 0. The Morgan fingerprint density at radius 2 is 1.73 bits per heavy atom. The molecule has 0 bridgehead atoms. The van der Waals surface area contributed by atoms with E-state index in [9.17, 15) is 9.59 Å². The molecule has 5 heteroatoms. The van der Waals surface area contributed by atoms with Crippen LogP contribution in [0.2, 0.25) is 0 Å². The number of hydrogen-bond donors (Lipinski definition) is 1. The summed E-state index contributed by atoms with van der Waals surface area (Å²) in [7, 11) is 1.72. The summed E-state index contributed by atoms with van der Waals surface area (Å²) in [5.41, 5.74) is 4.62. The molecule has 0 saturated heterocycles. The first-order valence-corrected chi connectivity index (χ1v) is 8.71. The highest BCUT2D eigenvalue weighted by Gasteiger charge is 2.42. The van der Waals surface area contributed by atoms with Crippen molar-refractivity contribution in [1.82, 2.24) is 15.1 Å². The summed E-state index contributed by atoms with van der Waals surface area (Å²) >= 11 is 0. The Hall–Kier alpha value is -3.08. The zero-order valence-corrected chi connectivity index (χ0v) is 14.9. The molecule has 2 aromatic rings. The Morgan fingerprint density at radius 1 is 1.04 bits per heavy atom. The van der Waals surface area contributed by atoms with Gasteiger partial charge in [0.1, 0.15) is 0 Å². The number of nitrogens with zero attached hydrogens (tertiary/aromatic N) is 2. The van der Waals surface area contributed by atoms with E-state index < -0.39 is 6.04 Å². The van der Waals surface area contributed by atoms with Crippen molar-refractivity contribution in [3.8, 4) is 0 Å². The number of likely N-dealkylation sites (N-methyl/N-ethyl adjacent to an activating group) is 1. The topological polar surface area (TPSA) is 52.7 Å². The molecule has 2 aliphatic heterocycles. The Balaban J connectivity index is 1.67. The molecule has 1 atom stereocenters. The fourth-order valence-corrected chi connectivity index (χ4v) is 3.56. The predicted octanol–water partition coefficient (Wildman–Crippen LogP) is 2.99. The first kappa shape index (κ1) is 16.4. The van der Waals surface area contributed by atoms with Gasteiger partial charge in [0.05, 0.1) is 23.9 Å². The van der Waals surface area contributed by atoms with Crippen LogP contribution in [0.4, 0.5) is 4.79 Å². The van der Waals surface area contributed by atoms with Crippen LogP contribution in [-0.2, 0) is 11.3 Å². The van der Waals surface area contributed by atoms with Gasteiger partial charge < -0.3 is 10.2 Å². The zero-order valence-electron chi connectivity index (χ0n) is 14.9. The first-order chi connectivity index (χ1) is 12.5. The van der Waals surface area contributed by atoms with Crippen LogP contribution in [0.1, 0.15) is 22.7 Å². The van der Waals surface area contributed by atoms with Gasteiger partial charge in [0.15, 0.2) is 0 Å². The van der Waals surface area contributed by atoms with E-state index in [2.05, 4.69) is 5.32 Å². The third-order valence-electron chi connectivity index (χ3n) is 5.06. The van der Waals surface area contributed by atoms with Gasteiger partial charge >= 0.3 is 6.03 Å². The van der Waals surface area contributed by atoms with E-state index in [1.165, 1.54) is 0 Å². The van der Waals surface area contributed by atoms with Crippen LogP contribution >= 0.6 is 0 Å². The van der Waals surface area contributed by atoms with Crippen LogP contribution in [0, 0.1) is 6.92 Å². The lowest BCUT2D eigenvalue weighted by Crippen LogP contribution is -2.45. The summed E-state index contributed by atoms with van der Waals surface area (Å²) in [5.74, 6) is -0.0127. The van der Waals surface area contributed by atoms with Gasteiger partial charge in [-0.2, -0.15) is 0 Å². The summed E-state index contributed by atoms with van der Waals surface area (Å²) in [6, 6.07) is 17.3. The predicted molar refractivity (Wildman–Crippen MR) is 99.1 cm³/mol. The summed E-state index contributed by atoms with van der Waals surface area (Å²) in [5, 5.41) is 2.97. The van der Waals surface area contributed by atoms with E-state index in [1.807, 2.05) is 61.5 Å². The molecule has 0 aliphatic carbocycles. The minimum absolute atomic E-state index is 0.0127. The largest absolute Gasteiger partial charge is 0.329 e. The Labute approximate surface area is 152 Å². The summed E-state index contributed by atoms with van der Waals surface area (Å²) in [6.07, 6.45) is 0. The normalized spacial score (nSPS) is 19.7. The van der Waals surface area contributed by atoms with Gasteiger partial charge in [-0.1, -0.05) is 60.2 Å². The highest BCUT2D eigenvalue weighted by molar-refractivity contribution is 6.01. The van der Waals surface area contributed by atoms with Crippen LogP contribution in [-0.4, -0.2) is 35.3 Å². The quantitative estimate of drug-likeness (QED) is 0.928. The molecule has 3 amide bonds. The van der Waals surface area contributed by atoms with Crippen LogP contribution in [0.3, 0.4) is 0 Å². The minimum Gasteiger partial charge on any atom is -0.329 e. The maximum absolute atomic E-state index is 13.1. The SMILES string of the molecule is Cc1ccc(C2NC(=O)N(C)C3=C2C(=O)N(Cc2ccccc2)C3)cc1. The molecule has 0 radical (unpaired) electrons. The van der Waals surface area contributed by atoms with Crippen molar-refractivity contribution in [3.63, 3.8) is 0 Å². The van der Waals surface area contributed by atoms with Crippen LogP contribution < -0.4 is 5.32 Å². The number of nitrogens with one attached hydrogen (secondary N) is 1. The molecule has 0 aromatic heterocycles. The second-order valence-electron chi connectivity index (χ2n) is 6.86. The van der Waals surface area contributed by atoms with Crippen molar-refractivity contribution >= 4 is 11.9 Å². The van der Waals surface area contributed by atoms with E-state index in [4.69, 9.17) is 0 Å². The van der Waals surface area contributed by atoms with Crippen molar-refractivity contribution in [2.45, 2.75) is 19.5 Å². The third-order valence-corrected chi connectivity index (χ3v) is 5.06. The van der Waals surface area contributed by atoms with Gasteiger partial charge in [0, 0.05) is 13.6 Å². The van der Waals surface area contributed by atoms with E-state index in [1.54, 1.807) is 16.8 Å². The van der Waals surface area contributed by atoms with Gasteiger partial charge in [0.2, 0.25) is 0 Å². The average Bonchev–Trinajstić information content (AvgIpc) is 2.97. The van der Waals surface area contributed by atoms with E-state index in [-0.39, 0.29) is 11.9 Å². The minimum atomic E-state index is -0.400. The molecule has 4 rings (SSSR count). The van der Waals surface area contributed by atoms with E-state index in [0.29, 0.717) is 18.7 Å². The Kier molecular flexibility index (Phi) is 3.99. The molecule has 0 saturated carbocycles. The fourth-order valence-electron chi connectivity index (χ4n) is 3.56. The fraction of sp³-hybridized carbons (Fsp3) is 0.238. The van der Waals surface area contributed by atoms with Crippen molar-refractivity contribution in [2.75, 3.05) is 13.6 Å². The van der Waals surface area contributed by atoms with Crippen LogP contribution in [0.15, 0.2) is 65.9 Å². The second-order valence-corrected chi connectivity index (χ2v) is 6.86. The van der Waals surface area contributed by atoms with Crippen LogP contribution in [0.5, 0.6) is 0 Å². The highest BCUT2D eigenvalue weighted by atomic mass is 16.2. The lowest BCUT2D eigenvalue weighted by molar-refractivity contribution is -0.126. The number of hydrogen-bond acceptors (Lipinski definition) is 2. The number of amides is 3. The first-order valence-electron chi connectivity index (χ1n) is 8.71. The zero-order chi connectivity index (χ0) is 18.3. The lowest BCUT2D eigenvalue weighted by Gasteiger charge is -2.31. The van der Waals surface area contributed by atoms with Gasteiger partial charge in [-0.25, -0.2) is 4.79 Å². The van der Waals surface area contributed by atoms with Crippen molar-refractivity contribution < 1.29 is 9.59 Å². The lowest BCUT2D eigenvalue weighted by atomic mass is 9.95. The molecule has 5 nitrogen and oxygen atoms in total. The molecule has 132 valence electrons. The second kappa shape index (κ2) is 6.33. The van der Waals surface area contributed by atoms with Crippen LogP contribution in [0.25, 0.3) is 0 Å². The number of benzene rings is 2. The van der Waals surface area contributed by atoms with Gasteiger partial charge in [0.25, 0.3) is 5.91 Å². The summed E-state index contributed by atoms with van der Waals surface area (Å²) in [6.45, 7) is 3.01. The third kappa shape index (κ3) is 2.75. The number of aryl methyl sites for hydroxylation is 1. The molecular weight excluding hydrogens is 326 g/mol. The standard InChI is InChI=1S/C21H21N3O2/c1-14-8-10-16(11-9-14)19-18-17(23(2)21(26)22-19)13-24(20(18)25)12-15-6-4-3-5-7-15/h3-11,19H,12-13H2,1-2H3,(H,22,26). The Morgan fingerprint density at radius 3 is 2.42 bits per heavy atom. The molecule has 2 aromatic carbocycles. The van der Waals surface area contributed by atoms with E-state index in [0.717, 1.165) is 22.4 Å². The number of carbonyl (C=O) groups excluding carboxylic acids is 2. The molecule has 1 N–H and O–H groups in total. The molecule has 0 spiro atoms. The number of carbonyl (C=O) groups is 2. The summed E-state index contributed by atoms with van der Waals surface area (Å²) in [4.78, 5) is 28.9. The molecule has 26 heavy (non-hydrogen) atoms. The van der Waals surface area contributed by atoms with Gasteiger partial charge in [-0.05, 0) is 18.1 Å². The van der Waals surface area contributed by atoms with Gasteiger partial charge in [-0.15, -0.1) is 0 Å². The smallest absolute Gasteiger partial charge is 0.322 e. The number of urea groups is 1. The Bertz CT molecular complexity index is 887. The monoisotopic (exact) mass is 347 g/mol. The highest BCUT2D eigenvalue weighted by Crippen LogP contribution is 2.36. The van der Waals surface area contributed by atoms with E-state index >= 15 is 0 Å². The maximum Gasteiger partial charge on any atom is 0.322 e. The molecule has 2 heterocycles. The molecule has 1 unspecified atom stereocenters.